The summed E-state index contributed by atoms with van der Waals surface area (Å²) in [5, 5.41) is 23.6. The van der Waals surface area contributed by atoms with Gasteiger partial charge in [0.05, 0.1) is 18.8 Å². The van der Waals surface area contributed by atoms with Gasteiger partial charge in [-0.15, -0.1) is 15.3 Å². The van der Waals surface area contributed by atoms with Crippen molar-refractivity contribution < 1.29 is 18.3 Å². The number of anilines is 4. The van der Waals surface area contributed by atoms with Crippen molar-refractivity contribution >= 4 is 39.0 Å². The van der Waals surface area contributed by atoms with Gasteiger partial charge in [0.1, 0.15) is 0 Å². The number of hydrogen-bond acceptors (Lipinski definition) is 10. The van der Waals surface area contributed by atoms with Gasteiger partial charge in [-0.2, -0.15) is 5.10 Å². The number of rotatable bonds is 8. The Hall–Kier alpha value is -3.45. The van der Waals surface area contributed by atoms with Gasteiger partial charge in [-0.1, -0.05) is 23.5 Å². The standard InChI is InChI=1S/C23H26F2N8O2S/c1-14-6-7-18(29-28-14)32-9-8-16(11-32)26-21-30-31-22(36-21)27-20(34)19(35-2)15-4-3-5-17(10-15)33-12-23(24,25)13-33/h3-7,10,16,19H,8-9,11-13H2,1-2H3,(H,26,30)(H,27,31,34)/t16-,19+/m1/s1. The minimum atomic E-state index is -2.68. The number of nitrogens with zero attached hydrogens (tertiary/aromatic N) is 6. The Morgan fingerprint density at radius 1 is 1.14 bits per heavy atom. The number of hydrogen-bond donors (Lipinski definition) is 2. The van der Waals surface area contributed by atoms with E-state index in [-0.39, 0.29) is 19.1 Å². The molecule has 0 saturated carbocycles. The molecule has 190 valence electrons. The normalized spacial score (nSPS) is 19.6. The Labute approximate surface area is 210 Å². The summed E-state index contributed by atoms with van der Waals surface area (Å²) in [7, 11) is 1.42. The second kappa shape index (κ2) is 9.90. The van der Waals surface area contributed by atoms with Gasteiger partial charge < -0.3 is 19.9 Å². The lowest BCUT2D eigenvalue weighted by molar-refractivity contribution is -0.126. The van der Waals surface area contributed by atoms with Crippen LogP contribution in [0.15, 0.2) is 36.4 Å². The maximum absolute atomic E-state index is 13.3. The minimum Gasteiger partial charge on any atom is -0.367 e. The van der Waals surface area contributed by atoms with E-state index in [2.05, 4.69) is 35.9 Å². The number of halogens is 2. The third-order valence-corrected chi connectivity index (χ3v) is 6.91. The van der Waals surface area contributed by atoms with Crippen LogP contribution < -0.4 is 20.4 Å². The number of aromatic nitrogens is 4. The smallest absolute Gasteiger partial charge is 0.282 e. The quantitative estimate of drug-likeness (QED) is 0.467. The first-order valence-electron chi connectivity index (χ1n) is 11.5. The highest BCUT2D eigenvalue weighted by Crippen LogP contribution is 2.33. The molecule has 0 unspecified atom stereocenters. The van der Waals surface area contributed by atoms with Crippen molar-refractivity contribution in [1.29, 1.82) is 0 Å². The van der Waals surface area contributed by atoms with E-state index in [4.69, 9.17) is 4.74 Å². The number of methoxy groups -OCH3 is 1. The van der Waals surface area contributed by atoms with Gasteiger partial charge in [0, 0.05) is 31.9 Å². The number of aryl methyl sites for hydroxylation is 1. The minimum absolute atomic E-state index is 0.160. The monoisotopic (exact) mass is 516 g/mol. The van der Waals surface area contributed by atoms with Crippen LogP contribution in [0, 0.1) is 6.92 Å². The van der Waals surface area contributed by atoms with Crippen molar-refractivity contribution in [2.75, 3.05) is 53.7 Å². The molecule has 0 bridgehead atoms. The van der Waals surface area contributed by atoms with Crippen LogP contribution in [-0.4, -0.2) is 71.6 Å². The van der Waals surface area contributed by atoms with Crippen molar-refractivity contribution in [2.24, 2.45) is 0 Å². The molecular weight excluding hydrogens is 490 g/mol. The van der Waals surface area contributed by atoms with E-state index in [1.807, 2.05) is 19.1 Å². The van der Waals surface area contributed by atoms with Crippen molar-refractivity contribution in [3.8, 4) is 0 Å². The first-order chi connectivity index (χ1) is 17.3. The molecule has 2 fully saturated rings. The summed E-state index contributed by atoms with van der Waals surface area (Å²) in [4.78, 5) is 16.6. The highest BCUT2D eigenvalue weighted by atomic mass is 32.1. The largest absolute Gasteiger partial charge is 0.367 e. The van der Waals surface area contributed by atoms with Gasteiger partial charge in [-0.3, -0.25) is 10.1 Å². The summed E-state index contributed by atoms with van der Waals surface area (Å²) >= 11 is 1.23. The molecule has 10 nitrogen and oxygen atoms in total. The Balaban J connectivity index is 1.17. The van der Waals surface area contributed by atoms with Gasteiger partial charge >= 0.3 is 0 Å². The van der Waals surface area contributed by atoms with E-state index >= 15 is 0 Å². The number of ether oxygens (including phenoxy) is 1. The second-order valence-corrected chi connectivity index (χ2v) is 9.91. The molecule has 2 aromatic heterocycles. The molecule has 3 aromatic rings. The predicted octanol–water partition coefficient (Wildman–Crippen LogP) is 3.11. The fourth-order valence-corrected chi connectivity index (χ4v) is 5.02. The van der Waals surface area contributed by atoms with E-state index in [0.29, 0.717) is 21.5 Å². The number of alkyl halides is 2. The molecule has 5 rings (SSSR count). The molecule has 36 heavy (non-hydrogen) atoms. The van der Waals surface area contributed by atoms with Crippen molar-refractivity contribution in [1.82, 2.24) is 20.4 Å². The van der Waals surface area contributed by atoms with Gasteiger partial charge in [-0.25, -0.2) is 8.78 Å². The number of carbonyl (C=O) groups is 1. The topological polar surface area (TPSA) is 108 Å². The zero-order valence-electron chi connectivity index (χ0n) is 19.8. The summed E-state index contributed by atoms with van der Waals surface area (Å²) < 4.78 is 31.9. The lowest BCUT2D eigenvalue weighted by Crippen LogP contribution is -2.56. The van der Waals surface area contributed by atoms with Crippen LogP contribution in [0.25, 0.3) is 0 Å². The molecule has 2 atom stereocenters. The third kappa shape index (κ3) is 5.36. The molecule has 2 aliphatic heterocycles. The fourth-order valence-electron chi connectivity index (χ4n) is 4.30. The maximum Gasteiger partial charge on any atom is 0.282 e. The summed E-state index contributed by atoms with van der Waals surface area (Å²) in [6, 6.07) is 10.9. The SMILES string of the molecule is CO[C@H](C(=O)Nc1nnc(N[C@@H]2CCN(c3ccc(C)nn3)C2)s1)c1cccc(N2CC(F)(F)C2)c1. The van der Waals surface area contributed by atoms with E-state index in [0.717, 1.165) is 31.0 Å². The van der Waals surface area contributed by atoms with Crippen LogP contribution in [0.4, 0.5) is 30.5 Å². The van der Waals surface area contributed by atoms with E-state index in [9.17, 15) is 13.6 Å². The maximum atomic E-state index is 13.3. The molecule has 2 N–H and O–H groups in total. The molecule has 0 radical (unpaired) electrons. The average molecular weight is 517 g/mol. The Morgan fingerprint density at radius 3 is 2.67 bits per heavy atom. The molecule has 2 saturated heterocycles. The Morgan fingerprint density at radius 2 is 1.94 bits per heavy atom. The molecule has 13 heteroatoms. The lowest BCUT2D eigenvalue weighted by atomic mass is 10.0. The summed E-state index contributed by atoms with van der Waals surface area (Å²) in [5.41, 5.74) is 2.06. The Bertz CT molecular complexity index is 1220. The molecule has 0 aliphatic carbocycles. The van der Waals surface area contributed by atoms with E-state index < -0.39 is 17.9 Å². The van der Waals surface area contributed by atoms with Gasteiger partial charge in [-0.05, 0) is 43.2 Å². The van der Waals surface area contributed by atoms with Crippen molar-refractivity contribution in [3.63, 3.8) is 0 Å². The van der Waals surface area contributed by atoms with Crippen molar-refractivity contribution in [2.45, 2.75) is 31.4 Å². The van der Waals surface area contributed by atoms with Gasteiger partial charge in [0.25, 0.3) is 11.8 Å². The van der Waals surface area contributed by atoms with Crippen LogP contribution in [0.3, 0.4) is 0 Å². The number of carbonyl (C=O) groups excluding carboxylic acids is 1. The van der Waals surface area contributed by atoms with Crippen LogP contribution in [0.2, 0.25) is 0 Å². The summed E-state index contributed by atoms with van der Waals surface area (Å²) in [6.45, 7) is 2.83. The van der Waals surface area contributed by atoms with Crippen LogP contribution >= 0.6 is 11.3 Å². The van der Waals surface area contributed by atoms with Gasteiger partial charge in [0.15, 0.2) is 11.9 Å². The zero-order chi connectivity index (χ0) is 25.3. The van der Waals surface area contributed by atoms with Crippen LogP contribution in [0.1, 0.15) is 23.8 Å². The highest BCUT2D eigenvalue weighted by molar-refractivity contribution is 7.19. The lowest BCUT2D eigenvalue weighted by Gasteiger charge is -2.40. The molecule has 0 spiro atoms. The third-order valence-electron chi connectivity index (χ3n) is 6.14. The molecule has 1 amide bonds. The number of benzene rings is 1. The summed E-state index contributed by atoms with van der Waals surface area (Å²) in [5.74, 6) is -2.26. The van der Waals surface area contributed by atoms with Gasteiger partial charge in [0.2, 0.25) is 10.3 Å². The van der Waals surface area contributed by atoms with E-state index in [1.165, 1.54) is 18.4 Å². The van der Waals surface area contributed by atoms with Crippen molar-refractivity contribution in [3.05, 3.63) is 47.7 Å². The first-order valence-corrected chi connectivity index (χ1v) is 12.3. The first kappa shape index (κ1) is 24.3. The molecular formula is C23H26F2N8O2S. The zero-order valence-corrected chi connectivity index (χ0v) is 20.6. The number of nitrogens with one attached hydrogen (secondary N) is 2. The molecule has 1 aromatic carbocycles. The van der Waals surface area contributed by atoms with Crippen LogP contribution in [-0.2, 0) is 9.53 Å². The van der Waals surface area contributed by atoms with E-state index in [1.54, 1.807) is 29.2 Å². The highest BCUT2D eigenvalue weighted by Gasteiger charge is 2.44. The second-order valence-electron chi connectivity index (χ2n) is 8.93. The molecule has 2 aliphatic rings. The number of amides is 1. The molecule has 4 heterocycles. The predicted molar refractivity (Wildman–Crippen MR) is 133 cm³/mol. The fraction of sp³-hybridized carbons (Fsp3) is 0.435. The average Bonchev–Trinajstić information content (AvgIpc) is 3.48. The summed E-state index contributed by atoms with van der Waals surface area (Å²) in [6.07, 6.45) is -0.0203. The Kier molecular flexibility index (Phi) is 6.67. The van der Waals surface area contributed by atoms with Crippen LogP contribution in [0.5, 0.6) is 0 Å².